The zero-order valence-electron chi connectivity index (χ0n) is 12.9. The third-order valence-corrected chi connectivity index (χ3v) is 4.53. The SMILES string of the molecule is CN1CCCC(CNC(=O)N2CCCC(CC(=O)O)C2)C1. The van der Waals surface area contributed by atoms with Crippen LogP contribution in [0.2, 0.25) is 0 Å². The van der Waals surface area contributed by atoms with Crippen molar-refractivity contribution < 1.29 is 14.7 Å². The number of nitrogens with one attached hydrogen (secondary N) is 1. The molecule has 2 fully saturated rings. The van der Waals surface area contributed by atoms with Crippen molar-refractivity contribution in [2.24, 2.45) is 11.8 Å². The molecule has 2 saturated heterocycles. The van der Waals surface area contributed by atoms with Gasteiger partial charge in [-0.2, -0.15) is 0 Å². The quantitative estimate of drug-likeness (QED) is 0.818. The highest BCUT2D eigenvalue weighted by atomic mass is 16.4. The number of hydrogen-bond acceptors (Lipinski definition) is 3. The number of carboxylic acid groups (broad SMARTS) is 1. The van der Waals surface area contributed by atoms with Crippen molar-refractivity contribution in [2.75, 3.05) is 39.8 Å². The molecule has 2 aliphatic heterocycles. The van der Waals surface area contributed by atoms with E-state index in [4.69, 9.17) is 5.11 Å². The predicted octanol–water partition coefficient (Wildman–Crippen LogP) is 1.22. The number of aliphatic carboxylic acids is 1. The van der Waals surface area contributed by atoms with Crippen LogP contribution in [0.5, 0.6) is 0 Å². The molecule has 0 radical (unpaired) electrons. The van der Waals surface area contributed by atoms with Gasteiger partial charge in [-0.1, -0.05) is 0 Å². The molecule has 0 aliphatic carbocycles. The number of nitrogens with zero attached hydrogens (tertiary/aromatic N) is 2. The van der Waals surface area contributed by atoms with E-state index in [0.29, 0.717) is 12.5 Å². The van der Waals surface area contributed by atoms with Crippen LogP contribution < -0.4 is 5.32 Å². The smallest absolute Gasteiger partial charge is 0.317 e. The van der Waals surface area contributed by atoms with Gasteiger partial charge in [-0.25, -0.2) is 4.79 Å². The minimum Gasteiger partial charge on any atom is -0.481 e. The second kappa shape index (κ2) is 7.64. The van der Waals surface area contributed by atoms with Crippen molar-refractivity contribution in [3.05, 3.63) is 0 Å². The van der Waals surface area contributed by atoms with Gasteiger partial charge in [0.1, 0.15) is 0 Å². The van der Waals surface area contributed by atoms with Gasteiger partial charge in [0.2, 0.25) is 0 Å². The van der Waals surface area contributed by atoms with Crippen LogP contribution in [0.25, 0.3) is 0 Å². The Bertz CT molecular complexity index is 375. The molecule has 2 atom stereocenters. The zero-order valence-corrected chi connectivity index (χ0v) is 12.9. The molecule has 2 amide bonds. The van der Waals surface area contributed by atoms with Crippen LogP contribution in [0.4, 0.5) is 4.79 Å². The third kappa shape index (κ3) is 5.19. The highest BCUT2D eigenvalue weighted by Gasteiger charge is 2.26. The molecule has 0 bridgehead atoms. The minimum absolute atomic E-state index is 0.0293. The first-order chi connectivity index (χ1) is 10.0. The number of urea groups is 1. The van der Waals surface area contributed by atoms with E-state index >= 15 is 0 Å². The standard InChI is InChI=1S/C15H27N3O3/c1-17-6-2-5-13(10-17)9-16-15(21)18-7-3-4-12(11-18)8-14(19)20/h12-13H,2-11H2,1H3,(H,16,21)(H,19,20). The number of carbonyl (C=O) groups is 2. The van der Waals surface area contributed by atoms with Crippen LogP contribution in [0.1, 0.15) is 32.1 Å². The van der Waals surface area contributed by atoms with E-state index in [-0.39, 0.29) is 18.4 Å². The van der Waals surface area contributed by atoms with E-state index in [1.54, 1.807) is 4.90 Å². The van der Waals surface area contributed by atoms with E-state index < -0.39 is 5.97 Å². The molecule has 21 heavy (non-hydrogen) atoms. The normalized spacial score (nSPS) is 27.4. The van der Waals surface area contributed by atoms with Gasteiger partial charge in [-0.15, -0.1) is 0 Å². The first-order valence-corrected chi connectivity index (χ1v) is 7.97. The van der Waals surface area contributed by atoms with Gasteiger partial charge in [-0.05, 0) is 51.1 Å². The van der Waals surface area contributed by atoms with Gasteiger partial charge in [0.25, 0.3) is 0 Å². The van der Waals surface area contributed by atoms with Crippen molar-refractivity contribution in [3.63, 3.8) is 0 Å². The number of amides is 2. The van der Waals surface area contributed by atoms with Crippen LogP contribution in [0, 0.1) is 11.8 Å². The Morgan fingerprint density at radius 3 is 2.57 bits per heavy atom. The molecule has 2 N–H and O–H groups in total. The lowest BCUT2D eigenvalue weighted by Crippen LogP contribution is -2.48. The summed E-state index contributed by atoms with van der Waals surface area (Å²) in [4.78, 5) is 27.1. The van der Waals surface area contributed by atoms with Crippen LogP contribution in [-0.2, 0) is 4.79 Å². The monoisotopic (exact) mass is 297 g/mol. The number of carbonyl (C=O) groups excluding carboxylic acids is 1. The molecule has 120 valence electrons. The van der Waals surface area contributed by atoms with E-state index in [1.807, 2.05) is 0 Å². The van der Waals surface area contributed by atoms with Gasteiger partial charge < -0.3 is 20.2 Å². The zero-order chi connectivity index (χ0) is 15.2. The summed E-state index contributed by atoms with van der Waals surface area (Å²) in [5.74, 6) is -0.136. The number of hydrogen-bond donors (Lipinski definition) is 2. The summed E-state index contributed by atoms with van der Waals surface area (Å²) in [5.41, 5.74) is 0. The number of likely N-dealkylation sites (tertiary alicyclic amines) is 2. The second-order valence-electron chi connectivity index (χ2n) is 6.51. The van der Waals surface area contributed by atoms with E-state index in [9.17, 15) is 9.59 Å². The molecular formula is C15H27N3O3. The molecular weight excluding hydrogens is 270 g/mol. The van der Waals surface area contributed by atoms with Gasteiger partial charge in [-0.3, -0.25) is 4.79 Å². The van der Waals surface area contributed by atoms with Crippen LogP contribution in [0.3, 0.4) is 0 Å². The first kappa shape index (κ1) is 16.1. The molecule has 0 aromatic carbocycles. The van der Waals surface area contributed by atoms with Gasteiger partial charge in [0.05, 0.1) is 0 Å². The summed E-state index contributed by atoms with van der Waals surface area (Å²) >= 11 is 0. The van der Waals surface area contributed by atoms with Gasteiger partial charge in [0.15, 0.2) is 0 Å². The van der Waals surface area contributed by atoms with Crippen LogP contribution >= 0.6 is 0 Å². The molecule has 0 saturated carbocycles. The van der Waals surface area contributed by atoms with Crippen molar-refractivity contribution in [2.45, 2.75) is 32.1 Å². The lowest BCUT2D eigenvalue weighted by atomic mass is 9.95. The number of rotatable bonds is 4. The summed E-state index contributed by atoms with van der Waals surface area (Å²) in [6, 6.07) is -0.0293. The van der Waals surface area contributed by atoms with E-state index in [1.165, 1.54) is 12.8 Å². The van der Waals surface area contributed by atoms with Crippen molar-refractivity contribution in [1.29, 1.82) is 0 Å². The van der Waals surface area contributed by atoms with E-state index in [0.717, 1.165) is 39.0 Å². The highest BCUT2D eigenvalue weighted by molar-refractivity contribution is 5.74. The molecule has 2 aliphatic rings. The fraction of sp³-hybridized carbons (Fsp3) is 0.867. The van der Waals surface area contributed by atoms with Gasteiger partial charge in [0, 0.05) is 32.6 Å². The Labute approximate surface area is 126 Å². The fourth-order valence-electron chi connectivity index (χ4n) is 3.45. The molecule has 2 rings (SSSR count). The third-order valence-electron chi connectivity index (χ3n) is 4.53. The molecule has 0 aromatic heterocycles. The van der Waals surface area contributed by atoms with E-state index in [2.05, 4.69) is 17.3 Å². The average molecular weight is 297 g/mol. The van der Waals surface area contributed by atoms with Crippen molar-refractivity contribution in [3.8, 4) is 0 Å². The maximum Gasteiger partial charge on any atom is 0.317 e. The molecule has 2 unspecified atom stereocenters. The summed E-state index contributed by atoms with van der Waals surface area (Å²) < 4.78 is 0. The first-order valence-electron chi connectivity index (χ1n) is 7.97. The minimum atomic E-state index is -0.771. The predicted molar refractivity (Wildman–Crippen MR) is 80.2 cm³/mol. The Morgan fingerprint density at radius 1 is 1.14 bits per heavy atom. The fourth-order valence-corrected chi connectivity index (χ4v) is 3.45. The van der Waals surface area contributed by atoms with Crippen molar-refractivity contribution in [1.82, 2.24) is 15.1 Å². The molecule has 0 aromatic rings. The lowest BCUT2D eigenvalue weighted by molar-refractivity contribution is -0.138. The van der Waals surface area contributed by atoms with Gasteiger partial charge >= 0.3 is 12.0 Å². The number of carboxylic acids is 1. The Hall–Kier alpha value is -1.30. The number of piperidine rings is 2. The molecule has 2 heterocycles. The Balaban J connectivity index is 1.73. The van der Waals surface area contributed by atoms with Crippen LogP contribution in [0.15, 0.2) is 0 Å². The summed E-state index contributed by atoms with van der Waals surface area (Å²) in [6.45, 7) is 4.23. The summed E-state index contributed by atoms with van der Waals surface area (Å²) in [7, 11) is 2.12. The lowest BCUT2D eigenvalue weighted by Gasteiger charge is -2.34. The van der Waals surface area contributed by atoms with Crippen LogP contribution in [-0.4, -0.2) is 66.7 Å². The summed E-state index contributed by atoms with van der Waals surface area (Å²) in [6.07, 6.45) is 4.34. The highest BCUT2D eigenvalue weighted by Crippen LogP contribution is 2.20. The summed E-state index contributed by atoms with van der Waals surface area (Å²) in [5, 5.41) is 11.9. The maximum absolute atomic E-state index is 12.2. The molecule has 0 spiro atoms. The average Bonchev–Trinajstić information content (AvgIpc) is 2.44. The molecule has 6 heteroatoms. The second-order valence-corrected chi connectivity index (χ2v) is 6.51. The Kier molecular flexibility index (Phi) is 5.85. The van der Waals surface area contributed by atoms with Crippen molar-refractivity contribution >= 4 is 12.0 Å². The topological polar surface area (TPSA) is 72.9 Å². The maximum atomic E-state index is 12.2. The largest absolute Gasteiger partial charge is 0.481 e. The molecule has 6 nitrogen and oxygen atoms in total. The Morgan fingerprint density at radius 2 is 1.86 bits per heavy atom.